The van der Waals surface area contributed by atoms with E-state index in [0.717, 1.165) is 19.5 Å². The van der Waals surface area contributed by atoms with Crippen LogP contribution in [-0.4, -0.2) is 47.0 Å². The number of piperidine rings is 1. The molecule has 0 aromatic rings. The number of thioether (sulfide) groups is 1. The van der Waals surface area contributed by atoms with Crippen LogP contribution in [0.3, 0.4) is 0 Å². The number of nitrogens with zero attached hydrogens (tertiary/aromatic N) is 1. The van der Waals surface area contributed by atoms with Gasteiger partial charge in [0, 0.05) is 18.6 Å². The molecule has 108 valence electrons. The molecule has 1 saturated carbocycles. The zero-order chi connectivity index (χ0) is 13.1. The smallest absolute Gasteiger partial charge is 0.235 e. The molecule has 0 aromatic heterocycles. The molecule has 3 fully saturated rings. The summed E-state index contributed by atoms with van der Waals surface area (Å²) in [4.78, 5) is 15.0. The van der Waals surface area contributed by atoms with Crippen molar-refractivity contribution in [1.29, 1.82) is 0 Å². The van der Waals surface area contributed by atoms with Crippen LogP contribution in [-0.2, 0) is 4.79 Å². The number of carbonyl (C=O) groups is 1. The molecule has 0 spiro atoms. The molecule has 1 amide bonds. The van der Waals surface area contributed by atoms with Gasteiger partial charge in [0.05, 0.1) is 5.25 Å². The van der Waals surface area contributed by atoms with Gasteiger partial charge in [0.15, 0.2) is 0 Å². The lowest BCUT2D eigenvalue weighted by Crippen LogP contribution is -2.49. The predicted molar refractivity (Wildman–Crippen MR) is 80.5 cm³/mol. The first kappa shape index (κ1) is 13.7. The van der Waals surface area contributed by atoms with Crippen LogP contribution in [0.5, 0.6) is 0 Å². The highest BCUT2D eigenvalue weighted by Gasteiger charge is 2.37. The summed E-state index contributed by atoms with van der Waals surface area (Å²) in [6.45, 7) is 2.09. The van der Waals surface area contributed by atoms with Gasteiger partial charge in [-0.2, -0.15) is 0 Å². The quantitative estimate of drug-likeness (QED) is 0.859. The number of amides is 1. The van der Waals surface area contributed by atoms with Crippen molar-refractivity contribution in [2.24, 2.45) is 0 Å². The first-order chi connectivity index (χ1) is 9.34. The molecule has 0 radical (unpaired) electrons. The second-order valence-corrected chi connectivity index (χ2v) is 7.53. The predicted octanol–water partition coefficient (Wildman–Crippen LogP) is 2.41. The van der Waals surface area contributed by atoms with Gasteiger partial charge in [-0.3, -0.25) is 4.79 Å². The molecule has 2 aliphatic heterocycles. The standard InChI is InChI=1S/C15H26N2OS/c18-15(14-6-2-4-10-19-14)17(13-7-8-13)11-12-5-1-3-9-16-12/h12-14,16H,1-11H2. The lowest BCUT2D eigenvalue weighted by atomic mass is 10.0. The Bertz CT molecular complexity index is 307. The van der Waals surface area contributed by atoms with Crippen LogP contribution in [0.15, 0.2) is 0 Å². The Balaban J connectivity index is 1.57. The lowest BCUT2D eigenvalue weighted by molar-refractivity contribution is -0.131. The van der Waals surface area contributed by atoms with E-state index in [1.54, 1.807) is 0 Å². The monoisotopic (exact) mass is 282 g/mol. The molecule has 0 aromatic carbocycles. The second-order valence-electron chi connectivity index (χ2n) is 6.22. The topological polar surface area (TPSA) is 32.3 Å². The van der Waals surface area contributed by atoms with E-state index in [-0.39, 0.29) is 5.25 Å². The fraction of sp³-hybridized carbons (Fsp3) is 0.933. The molecule has 19 heavy (non-hydrogen) atoms. The van der Waals surface area contributed by atoms with E-state index in [1.165, 1.54) is 50.7 Å². The second kappa shape index (κ2) is 6.49. The Kier molecular flexibility index (Phi) is 4.69. The number of carbonyl (C=O) groups excluding carboxylic acids is 1. The molecule has 4 heteroatoms. The highest BCUT2D eigenvalue weighted by Crippen LogP contribution is 2.33. The average molecular weight is 282 g/mol. The number of nitrogens with one attached hydrogen (secondary N) is 1. The van der Waals surface area contributed by atoms with Gasteiger partial charge in [-0.1, -0.05) is 12.8 Å². The molecule has 2 unspecified atom stereocenters. The highest BCUT2D eigenvalue weighted by molar-refractivity contribution is 8.00. The minimum Gasteiger partial charge on any atom is -0.337 e. The van der Waals surface area contributed by atoms with Crippen molar-refractivity contribution in [3.63, 3.8) is 0 Å². The maximum atomic E-state index is 12.7. The minimum absolute atomic E-state index is 0.262. The molecule has 3 aliphatic rings. The van der Waals surface area contributed by atoms with Gasteiger partial charge in [-0.25, -0.2) is 0 Å². The molecule has 1 N–H and O–H groups in total. The third-order valence-electron chi connectivity index (χ3n) is 4.56. The Labute approximate surface area is 120 Å². The largest absolute Gasteiger partial charge is 0.337 e. The fourth-order valence-corrected chi connectivity index (χ4v) is 4.51. The maximum absolute atomic E-state index is 12.7. The van der Waals surface area contributed by atoms with E-state index in [1.807, 2.05) is 11.8 Å². The van der Waals surface area contributed by atoms with Crippen molar-refractivity contribution in [2.45, 2.75) is 68.7 Å². The lowest BCUT2D eigenvalue weighted by Gasteiger charge is -2.33. The molecule has 3 rings (SSSR count). The molecule has 2 saturated heterocycles. The maximum Gasteiger partial charge on any atom is 0.235 e. The summed E-state index contributed by atoms with van der Waals surface area (Å²) in [6, 6.07) is 1.12. The Morgan fingerprint density at radius 1 is 1.11 bits per heavy atom. The minimum atomic E-state index is 0.262. The summed E-state index contributed by atoms with van der Waals surface area (Å²) >= 11 is 1.90. The van der Waals surface area contributed by atoms with Crippen LogP contribution < -0.4 is 5.32 Å². The van der Waals surface area contributed by atoms with Crippen molar-refractivity contribution in [2.75, 3.05) is 18.8 Å². The van der Waals surface area contributed by atoms with E-state index < -0.39 is 0 Å². The van der Waals surface area contributed by atoms with Gasteiger partial charge in [0.25, 0.3) is 0 Å². The van der Waals surface area contributed by atoms with Gasteiger partial charge < -0.3 is 10.2 Å². The molecular weight excluding hydrogens is 256 g/mol. The van der Waals surface area contributed by atoms with E-state index >= 15 is 0 Å². The van der Waals surface area contributed by atoms with Gasteiger partial charge >= 0.3 is 0 Å². The van der Waals surface area contributed by atoms with Crippen molar-refractivity contribution < 1.29 is 4.79 Å². The summed E-state index contributed by atoms with van der Waals surface area (Å²) < 4.78 is 0. The Morgan fingerprint density at radius 2 is 1.95 bits per heavy atom. The van der Waals surface area contributed by atoms with E-state index in [9.17, 15) is 4.79 Å². The number of rotatable bonds is 4. The molecule has 3 nitrogen and oxygen atoms in total. The van der Waals surface area contributed by atoms with Crippen molar-refractivity contribution in [3.05, 3.63) is 0 Å². The average Bonchev–Trinajstić information content (AvgIpc) is 3.31. The van der Waals surface area contributed by atoms with Crippen LogP contribution in [0, 0.1) is 0 Å². The van der Waals surface area contributed by atoms with E-state index in [2.05, 4.69) is 10.2 Å². The SMILES string of the molecule is O=C(C1CCCCS1)N(CC1CCCCN1)C1CC1. The molecular formula is C15H26N2OS. The van der Waals surface area contributed by atoms with E-state index in [0.29, 0.717) is 18.0 Å². The first-order valence-electron chi connectivity index (χ1n) is 8.00. The normalized spacial score (nSPS) is 32.0. The van der Waals surface area contributed by atoms with Crippen molar-refractivity contribution in [1.82, 2.24) is 10.2 Å². The summed E-state index contributed by atoms with van der Waals surface area (Å²) in [5, 5.41) is 3.85. The Morgan fingerprint density at radius 3 is 2.58 bits per heavy atom. The zero-order valence-electron chi connectivity index (χ0n) is 11.8. The zero-order valence-corrected chi connectivity index (χ0v) is 12.6. The summed E-state index contributed by atoms with van der Waals surface area (Å²) in [7, 11) is 0. The third kappa shape index (κ3) is 3.66. The molecule has 0 bridgehead atoms. The summed E-state index contributed by atoms with van der Waals surface area (Å²) in [5.74, 6) is 1.62. The van der Waals surface area contributed by atoms with Crippen LogP contribution >= 0.6 is 11.8 Å². The molecule has 2 heterocycles. The van der Waals surface area contributed by atoms with Crippen LogP contribution in [0.25, 0.3) is 0 Å². The summed E-state index contributed by atoms with van der Waals surface area (Å²) in [6.07, 6.45) is 9.96. The highest BCUT2D eigenvalue weighted by atomic mass is 32.2. The number of hydrogen-bond acceptors (Lipinski definition) is 3. The Hall–Kier alpha value is -0.220. The summed E-state index contributed by atoms with van der Waals surface area (Å²) in [5.41, 5.74) is 0. The van der Waals surface area contributed by atoms with Crippen molar-refractivity contribution in [3.8, 4) is 0 Å². The van der Waals surface area contributed by atoms with Gasteiger partial charge in [-0.05, 0) is 50.8 Å². The van der Waals surface area contributed by atoms with Gasteiger partial charge in [-0.15, -0.1) is 11.8 Å². The van der Waals surface area contributed by atoms with Crippen LogP contribution in [0.2, 0.25) is 0 Å². The van der Waals surface area contributed by atoms with Gasteiger partial charge in [0.1, 0.15) is 0 Å². The number of hydrogen-bond donors (Lipinski definition) is 1. The first-order valence-corrected chi connectivity index (χ1v) is 9.05. The third-order valence-corrected chi connectivity index (χ3v) is 5.92. The molecule has 1 aliphatic carbocycles. The van der Waals surface area contributed by atoms with Crippen molar-refractivity contribution >= 4 is 17.7 Å². The van der Waals surface area contributed by atoms with Crippen LogP contribution in [0.4, 0.5) is 0 Å². The van der Waals surface area contributed by atoms with E-state index in [4.69, 9.17) is 0 Å². The van der Waals surface area contributed by atoms with Gasteiger partial charge in [0.2, 0.25) is 5.91 Å². The van der Waals surface area contributed by atoms with Crippen LogP contribution in [0.1, 0.15) is 51.4 Å². The molecule has 2 atom stereocenters. The fourth-order valence-electron chi connectivity index (χ4n) is 3.24.